The molecule has 2 aromatic carbocycles. The first-order valence-corrected chi connectivity index (χ1v) is 11.7. The van der Waals surface area contributed by atoms with E-state index in [2.05, 4.69) is 0 Å². The summed E-state index contributed by atoms with van der Waals surface area (Å²) in [6.45, 7) is 1.96. The van der Waals surface area contributed by atoms with Gasteiger partial charge in [-0.3, -0.25) is 24.1 Å². The highest BCUT2D eigenvalue weighted by atomic mass is 16.5. The van der Waals surface area contributed by atoms with Crippen LogP contribution in [0.4, 0.5) is 0 Å². The van der Waals surface area contributed by atoms with Gasteiger partial charge in [0.2, 0.25) is 29.0 Å². The minimum atomic E-state index is -1.97. The number of ketones is 2. The molecule has 6 heteroatoms. The summed E-state index contributed by atoms with van der Waals surface area (Å²) in [5, 5.41) is 0. The number of fused-ring (bicyclic) bond motifs is 3. The van der Waals surface area contributed by atoms with Gasteiger partial charge in [-0.05, 0) is 25.3 Å². The zero-order valence-electron chi connectivity index (χ0n) is 18.5. The van der Waals surface area contributed by atoms with Crippen molar-refractivity contribution in [2.24, 2.45) is 11.8 Å². The second kappa shape index (κ2) is 7.19. The lowest BCUT2D eigenvalue weighted by Gasteiger charge is -2.33. The number of hydrogen-bond acceptors (Lipinski definition) is 5. The molecule has 1 spiro atoms. The molecule has 2 aliphatic heterocycles. The predicted molar refractivity (Wildman–Crippen MR) is 119 cm³/mol. The van der Waals surface area contributed by atoms with Gasteiger partial charge in [0, 0.05) is 17.2 Å². The van der Waals surface area contributed by atoms with Gasteiger partial charge in [-0.15, -0.1) is 0 Å². The molecule has 33 heavy (non-hydrogen) atoms. The van der Waals surface area contributed by atoms with E-state index < -0.39 is 41.0 Å². The van der Waals surface area contributed by atoms with Crippen LogP contribution < -0.4 is 0 Å². The highest BCUT2D eigenvalue weighted by Gasteiger charge is 2.75. The van der Waals surface area contributed by atoms with Crippen LogP contribution in [0.25, 0.3) is 0 Å². The van der Waals surface area contributed by atoms with Crippen molar-refractivity contribution in [1.82, 2.24) is 4.90 Å². The number of hydrogen-bond donors (Lipinski definition) is 0. The molecule has 2 aliphatic carbocycles. The van der Waals surface area contributed by atoms with Crippen LogP contribution in [0, 0.1) is 18.8 Å². The van der Waals surface area contributed by atoms with Crippen molar-refractivity contribution in [3.8, 4) is 0 Å². The number of amides is 2. The van der Waals surface area contributed by atoms with E-state index in [1.54, 1.807) is 24.3 Å². The Bertz CT molecular complexity index is 1160. The van der Waals surface area contributed by atoms with Crippen LogP contribution in [0.1, 0.15) is 70.1 Å². The maximum Gasteiger partial charge on any atom is 0.237 e. The van der Waals surface area contributed by atoms with Crippen molar-refractivity contribution in [3.05, 3.63) is 70.8 Å². The summed E-state index contributed by atoms with van der Waals surface area (Å²) in [7, 11) is 0. The summed E-state index contributed by atoms with van der Waals surface area (Å²) in [5.74, 6) is -3.76. The highest BCUT2D eigenvalue weighted by molar-refractivity contribution is 6.35. The van der Waals surface area contributed by atoms with Gasteiger partial charge < -0.3 is 4.74 Å². The van der Waals surface area contributed by atoms with Gasteiger partial charge in [-0.1, -0.05) is 73.4 Å². The van der Waals surface area contributed by atoms with Crippen LogP contribution in [-0.4, -0.2) is 39.9 Å². The van der Waals surface area contributed by atoms with Crippen LogP contribution >= 0.6 is 0 Å². The van der Waals surface area contributed by atoms with Crippen molar-refractivity contribution >= 4 is 23.4 Å². The van der Waals surface area contributed by atoms with Gasteiger partial charge in [-0.25, -0.2) is 0 Å². The molecule has 2 amide bonds. The van der Waals surface area contributed by atoms with E-state index in [1.807, 2.05) is 31.2 Å². The molecule has 0 unspecified atom stereocenters. The SMILES string of the molecule is Cc1ccc([C@H]2OC3(C(=O)c4ccccc4C3=O)[C@@H]3C(=O)N(C4CCCCC4)C(=O)[C@H]23)cc1. The Morgan fingerprint density at radius 3 is 2.03 bits per heavy atom. The first kappa shape index (κ1) is 20.5. The molecule has 1 saturated carbocycles. The zero-order chi connectivity index (χ0) is 22.9. The molecule has 168 valence electrons. The molecule has 0 aromatic heterocycles. The fourth-order valence-electron chi connectivity index (χ4n) is 6.30. The summed E-state index contributed by atoms with van der Waals surface area (Å²) in [6.07, 6.45) is 3.71. The molecule has 3 atom stereocenters. The Morgan fingerprint density at radius 2 is 1.42 bits per heavy atom. The summed E-state index contributed by atoms with van der Waals surface area (Å²) in [6, 6.07) is 13.9. The molecule has 0 bridgehead atoms. The second-order valence-corrected chi connectivity index (χ2v) is 9.73. The number of benzene rings is 2. The third kappa shape index (κ3) is 2.64. The largest absolute Gasteiger partial charge is 0.349 e. The van der Waals surface area contributed by atoms with Crippen molar-refractivity contribution in [2.75, 3.05) is 0 Å². The van der Waals surface area contributed by atoms with Gasteiger partial charge in [-0.2, -0.15) is 0 Å². The summed E-state index contributed by atoms with van der Waals surface area (Å²) < 4.78 is 6.32. The smallest absolute Gasteiger partial charge is 0.237 e. The first-order chi connectivity index (χ1) is 15.9. The highest BCUT2D eigenvalue weighted by Crippen LogP contribution is 2.57. The quantitative estimate of drug-likeness (QED) is 0.521. The lowest BCUT2D eigenvalue weighted by molar-refractivity contribution is -0.148. The van der Waals surface area contributed by atoms with Gasteiger partial charge in [0.05, 0.1) is 17.9 Å². The molecular formula is C27H25NO5. The monoisotopic (exact) mass is 443 g/mol. The van der Waals surface area contributed by atoms with Crippen LogP contribution in [0.2, 0.25) is 0 Å². The lowest BCUT2D eigenvalue weighted by Crippen LogP contribution is -2.52. The lowest BCUT2D eigenvalue weighted by atomic mass is 9.77. The van der Waals surface area contributed by atoms with Crippen LogP contribution in [0.15, 0.2) is 48.5 Å². The average molecular weight is 443 g/mol. The number of aryl methyl sites for hydroxylation is 1. The van der Waals surface area contributed by atoms with Crippen LogP contribution in [-0.2, 0) is 14.3 Å². The number of carbonyl (C=O) groups is 4. The number of Topliss-reactive ketones (excluding diaryl/α,β-unsaturated/α-hetero) is 2. The third-order valence-electron chi connectivity index (χ3n) is 7.90. The molecule has 0 N–H and O–H groups in total. The fourth-order valence-corrected chi connectivity index (χ4v) is 6.30. The van der Waals surface area contributed by atoms with Gasteiger partial charge in [0.25, 0.3) is 0 Å². The Morgan fingerprint density at radius 1 is 0.818 bits per heavy atom. The van der Waals surface area contributed by atoms with Crippen molar-refractivity contribution < 1.29 is 23.9 Å². The first-order valence-electron chi connectivity index (χ1n) is 11.7. The van der Waals surface area contributed by atoms with E-state index in [9.17, 15) is 19.2 Å². The maximum absolute atomic E-state index is 13.9. The van der Waals surface area contributed by atoms with E-state index >= 15 is 0 Å². The van der Waals surface area contributed by atoms with Gasteiger partial charge in [0.1, 0.15) is 0 Å². The minimum absolute atomic E-state index is 0.172. The molecule has 3 fully saturated rings. The molecular weight excluding hydrogens is 418 g/mol. The van der Waals surface area contributed by atoms with E-state index in [-0.39, 0.29) is 23.1 Å². The van der Waals surface area contributed by atoms with E-state index in [0.29, 0.717) is 5.56 Å². The van der Waals surface area contributed by atoms with Crippen molar-refractivity contribution in [2.45, 2.75) is 56.8 Å². The molecule has 2 saturated heterocycles. The van der Waals surface area contributed by atoms with Crippen LogP contribution in [0.3, 0.4) is 0 Å². The average Bonchev–Trinajstić information content (AvgIpc) is 3.40. The topological polar surface area (TPSA) is 80.8 Å². The molecule has 2 heterocycles. The third-order valence-corrected chi connectivity index (χ3v) is 7.90. The van der Waals surface area contributed by atoms with Crippen molar-refractivity contribution in [3.63, 3.8) is 0 Å². The Hall–Kier alpha value is -3.12. The number of ether oxygens (including phenoxy) is 1. The number of carbonyl (C=O) groups excluding carboxylic acids is 4. The summed E-state index contributed by atoms with van der Waals surface area (Å²) >= 11 is 0. The minimum Gasteiger partial charge on any atom is -0.349 e. The van der Waals surface area contributed by atoms with Crippen molar-refractivity contribution in [1.29, 1.82) is 0 Å². The summed E-state index contributed by atoms with van der Waals surface area (Å²) in [4.78, 5) is 56.4. The van der Waals surface area contributed by atoms with Gasteiger partial charge >= 0.3 is 0 Å². The normalized spacial score (nSPS) is 28.6. The Kier molecular flexibility index (Phi) is 4.46. The number of likely N-dealkylation sites (tertiary alicyclic amines) is 1. The zero-order valence-corrected chi connectivity index (χ0v) is 18.5. The Labute approximate surface area is 191 Å². The molecule has 6 nitrogen and oxygen atoms in total. The molecule has 0 radical (unpaired) electrons. The van der Waals surface area contributed by atoms with Crippen LogP contribution in [0.5, 0.6) is 0 Å². The molecule has 2 aromatic rings. The number of imide groups is 1. The fraction of sp³-hybridized carbons (Fsp3) is 0.407. The molecule has 4 aliphatic rings. The number of nitrogens with zero attached hydrogens (tertiary/aromatic N) is 1. The second-order valence-electron chi connectivity index (χ2n) is 9.73. The number of rotatable bonds is 2. The summed E-state index contributed by atoms with van der Waals surface area (Å²) in [5.41, 5.74) is 0.307. The molecule has 6 rings (SSSR count). The standard InChI is InChI=1S/C27H25NO5/c1-15-11-13-16(14-12-15)22-20-21(26(32)28(25(20)31)17-7-3-2-4-8-17)27(33-22)23(29)18-9-5-6-10-19(18)24(27)30/h5-6,9-14,17,20-22H,2-4,7-8H2,1H3/t20-,21-,22+/m0/s1. The Balaban J connectivity index is 1.50. The van der Waals surface area contributed by atoms with E-state index in [1.165, 1.54) is 4.90 Å². The van der Waals surface area contributed by atoms with E-state index in [4.69, 9.17) is 4.74 Å². The predicted octanol–water partition coefficient (Wildman–Crippen LogP) is 3.82. The van der Waals surface area contributed by atoms with E-state index in [0.717, 1.165) is 37.7 Å². The maximum atomic E-state index is 13.9. The van der Waals surface area contributed by atoms with Gasteiger partial charge in [0.15, 0.2) is 0 Å².